The van der Waals surface area contributed by atoms with Crippen molar-refractivity contribution in [2.75, 3.05) is 0 Å². The molecule has 1 aliphatic rings. The molecule has 1 aliphatic carbocycles. The van der Waals surface area contributed by atoms with Gasteiger partial charge in [-0.15, -0.1) is 0 Å². The van der Waals surface area contributed by atoms with Gasteiger partial charge in [-0.05, 0) is 29.0 Å². The fourth-order valence-corrected chi connectivity index (χ4v) is 3.37. The zero-order chi connectivity index (χ0) is 13.0. The molecule has 0 aliphatic heterocycles. The molecule has 0 spiro atoms. The van der Waals surface area contributed by atoms with Gasteiger partial charge in [-0.1, -0.05) is 50.9 Å². The lowest BCUT2D eigenvalue weighted by Crippen LogP contribution is -2.06. The molecule has 1 N–H and O–H groups in total. The van der Waals surface area contributed by atoms with Crippen LogP contribution in [0.2, 0.25) is 10.0 Å². The number of aliphatic hydroxyl groups excluding tert-OH is 1. The predicted octanol–water partition coefficient (Wildman–Crippen LogP) is 4.71. The molecule has 1 saturated carbocycles. The summed E-state index contributed by atoms with van der Waals surface area (Å²) in [6, 6.07) is 5.24. The van der Waals surface area contributed by atoms with E-state index in [4.69, 9.17) is 23.2 Å². The molecule has 94 valence electrons. The molecular formula is C14H18Cl2O. The smallest absolute Gasteiger partial charge is 0.0843 e. The lowest BCUT2D eigenvalue weighted by atomic mass is 9.99. The summed E-state index contributed by atoms with van der Waals surface area (Å²) in [5.41, 5.74) is 0.985. The lowest BCUT2D eigenvalue weighted by molar-refractivity contribution is 0.131. The van der Waals surface area contributed by atoms with Crippen LogP contribution in [0.25, 0.3) is 0 Å². The Bertz CT molecular complexity index is 438. The Hall–Kier alpha value is -0.240. The quantitative estimate of drug-likeness (QED) is 0.827. The van der Waals surface area contributed by atoms with Crippen LogP contribution in [0.1, 0.15) is 39.4 Å². The fourth-order valence-electron chi connectivity index (χ4n) is 2.96. The third kappa shape index (κ3) is 1.89. The van der Waals surface area contributed by atoms with E-state index in [0.29, 0.717) is 10.0 Å². The highest BCUT2D eigenvalue weighted by Gasteiger charge is 2.67. The molecule has 0 heterocycles. The Labute approximate surface area is 113 Å². The summed E-state index contributed by atoms with van der Waals surface area (Å²) in [4.78, 5) is 0. The Balaban J connectivity index is 2.34. The van der Waals surface area contributed by atoms with E-state index in [2.05, 4.69) is 27.7 Å². The number of benzene rings is 1. The number of rotatable bonds is 2. The second kappa shape index (κ2) is 3.88. The Morgan fingerprint density at radius 1 is 1.12 bits per heavy atom. The third-order valence-electron chi connectivity index (χ3n) is 4.72. The number of hydrogen-bond donors (Lipinski definition) is 1. The highest BCUT2D eigenvalue weighted by Crippen LogP contribution is 2.72. The van der Waals surface area contributed by atoms with Crippen molar-refractivity contribution in [3.05, 3.63) is 33.8 Å². The molecule has 0 aromatic heterocycles. The first-order chi connectivity index (χ1) is 7.69. The summed E-state index contributed by atoms with van der Waals surface area (Å²) >= 11 is 12.1. The minimum atomic E-state index is -0.550. The number of aliphatic hydroxyl groups is 1. The number of hydrogen-bond acceptors (Lipinski definition) is 1. The van der Waals surface area contributed by atoms with E-state index < -0.39 is 6.10 Å². The van der Waals surface area contributed by atoms with Crippen LogP contribution in [0.3, 0.4) is 0 Å². The minimum Gasteiger partial charge on any atom is -0.388 e. The van der Waals surface area contributed by atoms with E-state index in [1.54, 1.807) is 18.2 Å². The summed E-state index contributed by atoms with van der Waals surface area (Å²) in [6.07, 6.45) is -0.550. The molecule has 0 radical (unpaired) electrons. The van der Waals surface area contributed by atoms with Gasteiger partial charge in [0.15, 0.2) is 0 Å². The number of halogens is 2. The minimum absolute atomic E-state index is 0.123. The van der Waals surface area contributed by atoms with E-state index in [9.17, 15) is 5.11 Å². The van der Waals surface area contributed by atoms with Crippen LogP contribution >= 0.6 is 23.2 Å². The molecule has 0 saturated heterocycles. The maximum atomic E-state index is 10.5. The Morgan fingerprint density at radius 2 is 1.65 bits per heavy atom. The summed E-state index contributed by atoms with van der Waals surface area (Å²) in [6.45, 7) is 8.72. The molecule has 17 heavy (non-hydrogen) atoms. The molecule has 1 fully saturated rings. The van der Waals surface area contributed by atoms with Crippen LogP contribution in [-0.2, 0) is 0 Å². The first kappa shape index (κ1) is 13.2. The van der Waals surface area contributed by atoms with E-state index in [0.717, 1.165) is 5.56 Å². The maximum Gasteiger partial charge on any atom is 0.0843 e. The van der Waals surface area contributed by atoms with Crippen LogP contribution < -0.4 is 0 Å². The molecule has 1 aromatic rings. The second-order valence-electron chi connectivity index (χ2n) is 6.03. The van der Waals surface area contributed by atoms with Crippen LogP contribution in [0.5, 0.6) is 0 Å². The third-order valence-corrected chi connectivity index (χ3v) is 5.30. The maximum absolute atomic E-state index is 10.5. The molecule has 0 amide bonds. The molecule has 2 rings (SSSR count). The average molecular weight is 273 g/mol. The van der Waals surface area contributed by atoms with Gasteiger partial charge in [0, 0.05) is 21.5 Å². The van der Waals surface area contributed by atoms with Crippen LogP contribution in [0.15, 0.2) is 18.2 Å². The summed E-state index contributed by atoms with van der Waals surface area (Å²) < 4.78 is 0. The van der Waals surface area contributed by atoms with Gasteiger partial charge in [-0.2, -0.15) is 0 Å². The van der Waals surface area contributed by atoms with Gasteiger partial charge in [0.05, 0.1) is 6.10 Å². The van der Waals surface area contributed by atoms with E-state index in [1.807, 2.05) is 0 Å². The highest BCUT2D eigenvalue weighted by molar-refractivity contribution is 6.33. The van der Waals surface area contributed by atoms with Crippen molar-refractivity contribution >= 4 is 23.2 Å². The zero-order valence-electron chi connectivity index (χ0n) is 10.6. The van der Waals surface area contributed by atoms with Crippen molar-refractivity contribution in [1.82, 2.24) is 0 Å². The Morgan fingerprint density at radius 3 is 2.12 bits per heavy atom. The van der Waals surface area contributed by atoms with Gasteiger partial charge in [-0.3, -0.25) is 0 Å². The first-order valence-electron chi connectivity index (χ1n) is 5.82. The van der Waals surface area contributed by atoms with Gasteiger partial charge >= 0.3 is 0 Å². The van der Waals surface area contributed by atoms with E-state index in [-0.39, 0.29) is 16.7 Å². The molecule has 1 atom stereocenters. The lowest BCUT2D eigenvalue weighted by Gasteiger charge is -2.15. The van der Waals surface area contributed by atoms with Crippen LogP contribution in [0, 0.1) is 16.7 Å². The molecular weight excluding hydrogens is 255 g/mol. The molecule has 0 bridgehead atoms. The standard InChI is InChI=1S/C14H18Cl2O/c1-13(2)12(14(13,3)4)11(17)9-7-8(15)5-6-10(9)16/h5-7,11-12,17H,1-4H3. The monoisotopic (exact) mass is 272 g/mol. The van der Waals surface area contributed by atoms with Gasteiger partial charge < -0.3 is 5.11 Å². The van der Waals surface area contributed by atoms with Crippen molar-refractivity contribution in [2.45, 2.75) is 33.8 Å². The van der Waals surface area contributed by atoms with E-state index in [1.165, 1.54) is 0 Å². The SMILES string of the molecule is CC1(C)C(C(O)c2cc(Cl)ccc2Cl)C1(C)C. The van der Waals surface area contributed by atoms with Crippen molar-refractivity contribution < 1.29 is 5.11 Å². The highest BCUT2D eigenvalue weighted by atomic mass is 35.5. The topological polar surface area (TPSA) is 20.2 Å². The van der Waals surface area contributed by atoms with E-state index >= 15 is 0 Å². The largest absolute Gasteiger partial charge is 0.388 e. The second-order valence-corrected chi connectivity index (χ2v) is 6.88. The van der Waals surface area contributed by atoms with Crippen molar-refractivity contribution in [3.63, 3.8) is 0 Å². The molecule has 1 unspecified atom stereocenters. The zero-order valence-corrected chi connectivity index (χ0v) is 12.1. The molecule has 1 nitrogen and oxygen atoms in total. The van der Waals surface area contributed by atoms with Gasteiger partial charge in [0.2, 0.25) is 0 Å². The molecule has 1 aromatic carbocycles. The average Bonchev–Trinajstić information content (AvgIpc) is 2.61. The predicted molar refractivity (Wildman–Crippen MR) is 72.5 cm³/mol. The van der Waals surface area contributed by atoms with Crippen molar-refractivity contribution in [2.24, 2.45) is 16.7 Å². The Kier molecular flexibility index (Phi) is 3.01. The van der Waals surface area contributed by atoms with Gasteiger partial charge in [0.1, 0.15) is 0 Å². The van der Waals surface area contributed by atoms with Crippen molar-refractivity contribution in [1.29, 1.82) is 0 Å². The van der Waals surface area contributed by atoms with Gasteiger partial charge in [0.25, 0.3) is 0 Å². The molecule has 3 heteroatoms. The summed E-state index contributed by atoms with van der Waals surface area (Å²) in [5.74, 6) is 0.214. The first-order valence-corrected chi connectivity index (χ1v) is 6.58. The van der Waals surface area contributed by atoms with Crippen molar-refractivity contribution in [3.8, 4) is 0 Å². The van der Waals surface area contributed by atoms with Crippen LogP contribution in [-0.4, -0.2) is 5.11 Å². The fraction of sp³-hybridized carbons (Fsp3) is 0.571. The van der Waals surface area contributed by atoms with Gasteiger partial charge in [-0.25, -0.2) is 0 Å². The summed E-state index contributed by atoms with van der Waals surface area (Å²) in [5, 5.41) is 11.7. The summed E-state index contributed by atoms with van der Waals surface area (Å²) in [7, 11) is 0. The van der Waals surface area contributed by atoms with Crippen LogP contribution in [0.4, 0.5) is 0 Å². The normalized spacial score (nSPS) is 23.5.